The average Bonchev–Trinajstić information content (AvgIpc) is 2.37. The van der Waals surface area contributed by atoms with Gasteiger partial charge in [0.25, 0.3) is 0 Å². The number of aliphatic hydroxyl groups excluding tert-OH is 1. The molecule has 0 saturated carbocycles. The first-order valence-corrected chi connectivity index (χ1v) is 6.37. The van der Waals surface area contributed by atoms with Crippen LogP contribution in [0.5, 0.6) is 0 Å². The van der Waals surface area contributed by atoms with Crippen LogP contribution in [0.1, 0.15) is 17.2 Å². The molecule has 1 atom stereocenters. The molecule has 2 nitrogen and oxygen atoms in total. The van der Waals surface area contributed by atoms with Crippen molar-refractivity contribution in [3.05, 3.63) is 64.4 Å². The predicted molar refractivity (Wildman–Crippen MR) is 76.0 cm³/mol. The lowest BCUT2D eigenvalue weighted by molar-refractivity contribution is 0.276. The normalized spacial score (nSPS) is 12.2. The first-order chi connectivity index (χ1) is 9.10. The van der Waals surface area contributed by atoms with Crippen molar-refractivity contribution in [3.63, 3.8) is 0 Å². The van der Waals surface area contributed by atoms with E-state index in [1.54, 1.807) is 18.2 Å². The fourth-order valence-corrected chi connectivity index (χ4v) is 2.22. The molecule has 0 spiro atoms. The molecule has 4 heteroatoms. The Hall–Kier alpha value is -1.58. The summed E-state index contributed by atoms with van der Waals surface area (Å²) >= 11 is 5.92. The molecule has 0 bridgehead atoms. The summed E-state index contributed by atoms with van der Waals surface area (Å²) in [5.41, 5.74) is 2.48. The summed E-state index contributed by atoms with van der Waals surface area (Å²) < 4.78 is 13.1. The molecule has 1 unspecified atom stereocenters. The van der Waals surface area contributed by atoms with Gasteiger partial charge in [-0.2, -0.15) is 0 Å². The lowest BCUT2D eigenvalue weighted by atomic mass is 10.0. The van der Waals surface area contributed by atoms with Crippen LogP contribution in [-0.4, -0.2) is 11.7 Å². The van der Waals surface area contributed by atoms with Gasteiger partial charge in [0.2, 0.25) is 0 Å². The quantitative estimate of drug-likeness (QED) is 0.889. The highest BCUT2D eigenvalue weighted by Gasteiger charge is 2.13. The number of nitrogens with one attached hydrogen (secondary N) is 1. The molecule has 0 aliphatic carbocycles. The Balaban J connectivity index is 2.25. The van der Waals surface area contributed by atoms with E-state index < -0.39 is 0 Å². The summed E-state index contributed by atoms with van der Waals surface area (Å²) in [6.07, 6.45) is 0. The molecule has 0 aliphatic rings. The molecule has 0 saturated heterocycles. The van der Waals surface area contributed by atoms with Gasteiger partial charge in [-0.05, 0) is 48.4 Å². The van der Waals surface area contributed by atoms with E-state index in [9.17, 15) is 9.50 Å². The number of hydrogen-bond donors (Lipinski definition) is 2. The third-order valence-corrected chi connectivity index (χ3v) is 3.19. The second-order valence-corrected chi connectivity index (χ2v) is 4.83. The molecular weight excluding hydrogens is 265 g/mol. The van der Waals surface area contributed by atoms with Crippen molar-refractivity contribution in [1.29, 1.82) is 0 Å². The molecule has 2 N–H and O–H groups in total. The van der Waals surface area contributed by atoms with Crippen LogP contribution in [0, 0.1) is 12.7 Å². The number of benzene rings is 2. The second kappa shape index (κ2) is 6.04. The molecule has 100 valence electrons. The van der Waals surface area contributed by atoms with Crippen molar-refractivity contribution in [3.8, 4) is 0 Å². The standard InChI is InChI=1S/C15H15ClFNO/c1-10-7-12(17)5-6-14(10)15(9-19)18-13-4-2-3-11(16)8-13/h2-8,15,18-19H,9H2,1H3. The van der Waals surface area contributed by atoms with Gasteiger partial charge < -0.3 is 10.4 Å². The predicted octanol–water partition coefficient (Wildman–Crippen LogP) is 3.93. The van der Waals surface area contributed by atoms with Gasteiger partial charge in [0.05, 0.1) is 12.6 Å². The third kappa shape index (κ3) is 3.46. The Morgan fingerprint density at radius 1 is 1.26 bits per heavy atom. The van der Waals surface area contributed by atoms with E-state index in [0.717, 1.165) is 16.8 Å². The van der Waals surface area contributed by atoms with Crippen LogP contribution in [0.4, 0.5) is 10.1 Å². The Labute approximate surface area is 116 Å². The van der Waals surface area contributed by atoms with Gasteiger partial charge in [-0.25, -0.2) is 4.39 Å². The van der Waals surface area contributed by atoms with Crippen LogP contribution in [0.3, 0.4) is 0 Å². The van der Waals surface area contributed by atoms with E-state index in [0.29, 0.717) is 5.02 Å². The van der Waals surface area contributed by atoms with Crippen molar-refractivity contribution in [2.75, 3.05) is 11.9 Å². The molecule has 2 rings (SSSR count). The highest BCUT2D eigenvalue weighted by atomic mass is 35.5. The maximum absolute atomic E-state index is 13.1. The zero-order valence-corrected chi connectivity index (χ0v) is 11.3. The zero-order valence-electron chi connectivity index (χ0n) is 10.5. The van der Waals surface area contributed by atoms with E-state index in [1.165, 1.54) is 12.1 Å². The molecule has 0 aromatic heterocycles. The van der Waals surface area contributed by atoms with E-state index in [2.05, 4.69) is 5.32 Å². The summed E-state index contributed by atoms with van der Waals surface area (Å²) in [6, 6.07) is 11.5. The minimum absolute atomic E-state index is 0.0843. The minimum Gasteiger partial charge on any atom is -0.394 e. The maximum atomic E-state index is 13.1. The third-order valence-electron chi connectivity index (χ3n) is 2.96. The largest absolute Gasteiger partial charge is 0.394 e. The Morgan fingerprint density at radius 2 is 2.05 bits per heavy atom. The average molecular weight is 280 g/mol. The van der Waals surface area contributed by atoms with E-state index in [1.807, 2.05) is 19.1 Å². The topological polar surface area (TPSA) is 32.3 Å². The lowest BCUT2D eigenvalue weighted by Crippen LogP contribution is -2.16. The fraction of sp³-hybridized carbons (Fsp3) is 0.200. The summed E-state index contributed by atoms with van der Waals surface area (Å²) in [5.74, 6) is -0.277. The van der Waals surface area contributed by atoms with Crippen molar-refractivity contribution in [2.45, 2.75) is 13.0 Å². The number of anilines is 1. The maximum Gasteiger partial charge on any atom is 0.123 e. The van der Waals surface area contributed by atoms with E-state index in [-0.39, 0.29) is 18.5 Å². The Kier molecular flexibility index (Phi) is 4.40. The van der Waals surface area contributed by atoms with Gasteiger partial charge in [-0.1, -0.05) is 23.7 Å². The molecule has 0 heterocycles. The van der Waals surface area contributed by atoms with Gasteiger partial charge in [-0.15, -0.1) is 0 Å². The summed E-state index contributed by atoms with van der Waals surface area (Å²) in [6.45, 7) is 1.74. The Bertz CT molecular complexity index is 574. The number of rotatable bonds is 4. The molecule has 0 fully saturated rings. The Morgan fingerprint density at radius 3 is 2.68 bits per heavy atom. The molecule has 19 heavy (non-hydrogen) atoms. The molecule has 0 aliphatic heterocycles. The highest BCUT2D eigenvalue weighted by Crippen LogP contribution is 2.24. The van der Waals surface area contributed by atoms with Crippen LogP contribution in [0.2, 0.25) is 5.02 Å². The summed E-state index contributed by atoms with van der Waals surface area (Å²) in [7, 11) is 0. The highest BCUT2D eigenvalue weighted by molar-refractivity contribution is 6.30. The van der Waals surface area contributed by atoms with Gasteiger partial charge in [0.15, 0.2) is 0 Å². The zero-order chi connectivity index (χ0) is 13.8. The van der Waals surface area contributed by atoms with Crippen LogP contribution in [0.25, 0.3) is 0 Å². The van der Waals surface area contributed by atoms with Crippen LogP contribution < -0.4 is 5.32 Å². The first-order valence-electron chi connectivity index (χ1n) is 5.99. The van der Waals surface area contributed by atoms with Gasteiger partial charge in [0.1, 0.15) is 5.82 Å². The molecule has 0 amide bonds. The van der Waals surface area contributed by atoms with Crippen LogP contribution >= 0.6 is 11.6 Å². The SMILES string of the molecule is Cc1cc(F)ccc1C(CO)Nc1cccc(Cl)c1. The smallest absolute Gasteiger partial charge is 0.123 e. The number of aliphatic hydroxyl groups is 1. The fourth-order valence-electron chi connectivity index (χ4n) is 2.03. The van der Waals surface area contributed by atoms with Gasteiger partial charge in [0, 0.05) is 10.7 Å². The molecule has 2 aromatic rings. The first kappa shape index (κ1) is 13.8. The molecule has 0 radical (unpaired) electrons. The number of aryl methyl sites for hydroxylation is 1. The second-order valence-electron chi connectivity index (χ2n) is 4.39. The van der Waals surface area contributed by atoms with Crippen molar-refractivity contribution < 1.29 is 9.50 Å². The van der Waals surface area contributed by atoms with Crippen LogP contribution in [-0.2, 0) is 0 Å². The molecular formula is C15H15ClFNO. The van der Waals surface area contributed by atoms with Crippen LogP contribution in [0.15, 0.2) is 42.5 Å². The lowest BCUT2D eigenvalue weighted by Gasteiger charge is -2.20. The number of halogens is 2. The summed E-state index contributed by atoms with van der Waals surface area (Å²) in [5, 5.41) is 13.3. The van der Waals surface area contributed by atoms with Gasteiger partial charge >= 0.3 is 0 Å². The molecule has 2 aromatic carbocycles. The van der Waals surface area contributed by atoms with Gasteiger partial charge in [-0.3, -0.25) is 0 Å². The summed E-state index contributed by atoms with van der Waals surface area (Å²) in [4.78, 5) is 0. The van der Waals surface area contributed by atoms with E-state index in [4.69, 9.17) is 11.6 Å². The van der Waals surface area contributed by atoms with Crippen molar-refractivity contribution >= 4 is 17.3 Å². The van der Waals surface area contributed by atoms with E-state index >= 15 is 0 Å². The minimum atomic E-state index is -0.293. The number of hydrogen-bond acceptors (Lipinski definition) is 2. The van der Waals surface area contributed by atoms with Crippen molar-refractivity contribution in [1.82, 2.24) is 0 Å². The monoisotopic (exact) mass is 279 g/mol. The van der Waals surface area contributed by atoms with Crippen molar-refractivity contribution in [2.24, 2.45) is 0 Å².